The summed E-state index contributed by atoms with van der Waals surface area (Å²) < 4.78 is 42.4. The molecule has 0 radical (unpaired) electrons. The van der Waals surface area contributed by atoms with Crippen molar-refractivity contribution in [3.05, 3.63) is 51.8 Å². The molecular formula is C12H9F3N2S. The molecule has 3 rings (SSSR count). The maximum atomic E-state index is 13.7. The van der Waals surface area contributed by atoms with Crippen LogP contribution >= 0.6 is 12.2 Å². The van der Waals surface area contributed by atoms with Crippen molar-refractivity contribution in [2.75, 3.05) is 0 Å². The predicted octanol–water partition coefficient (Wildman–Crippen LogP) is 3.30. The van der Waals surface area contributed by atoms with E-state index >= 15 is 0 Å². The topological polar surface area (TPSA) is 20.7 Å². The third-order valence-corrected chi connectivity index (χ3v) is 3.61. The van der Waals surface area contributed by atoms with Crippen LogP contribution in [0.5, 0.6) is 0 Å². The molecular weight excluding hydrogens is 261 g/mol. The van der Waals surface area contributed by atoms with Gasteiger partial charge < -0.3 is 9.55 Å². The highest BCUT2D eigenvalue weighted by molar-refractivity contribution is 7.71. The molecule has 0 saturated carbocycles. The fourth-order valence-electron chi connectivity index (χ4n) is 2.42. The van der Waals surface area contributed by atoms with Gasteiger partial charge in [-0.05, 0) is 30.3 Å². The number of benzene rings is 1. The number of fused-ring (bicyclic) bond motifs is 1. The summed E-state index contributed by atoms with van der Waals surface area (Å²) in [7, 11) is 0. The smallest absolute Gasteiger partial charge is 0.177 e. The van der Waals surface area contributed by atoms with E-state index in [0.29, 0.717) is 23.8 Å². The van der Waals surface area contributed by atoms with Crippen molar-refractivity contribution in [1.29, 1.82) is 0 Å². The van der Waals surface area contributed by atoms with Crippen LogP contribution < -0.4 is 0 Å². The number of hydrogen-bond donors (Lipinski definition) is 1. The standard InChI is InChI=1S/C12H9F3N2S/c13-7-2-9(11(15)10(14)3-7)6-1-8-4-16-12(18)17(8)5-6/h2-4,6H,1,5H2,(H,16,18)/t6-/m0/s1. The van der Waals surface area contributed by atoms with E-state index in [9.17, 15) is 13.2 Å². The van der Waals surface area contributed by atoms with Crippen LogP contribution in [0.1, 0.15) is 17.2 Å². The van der Waals surface area contributed by atoms with Crippen molar-refractivity contribution in [2.24, 2.45) is 0 Å². The molecule has 0 spiro atoms. The van der Waals surface area contributed by atoms with Crippen molar-refractivity contribution in [3.63, 3.8) is 0 Å². The minimum Gasteiger partial charge on any atom is -0.337 e. The van der Waals surface area contributed by atoms with Gasteiger partial charge in [0.2, 0.25) is 0 Å². The van der Waals surface area contributed by atoms with Crippen molar-refractivity contribution < 1.29 is 13.2 Å². The van der Waals surface area contributed by atoms with Crippen LogP contribution in [-0.4, -0.2) is 9.55 Å². The molecule has 18 heavy (non-hydrogen) atoms. The normalized spacial score (nSPS) is 18.1. The number of nitrogens with one attached hydrogen (secondary N) is 1. The number of H-pyrrole nitrogens is 1. The third-order valence-electron chi connectivity index (χ3n) is 3.27. The second-order valence-electron chi connectivity index (χ2n) is 4.39. The van der Waals surface area contributed by atoms with Crippen LogP contribution in [0.2, 0.25) is 0 Å². The van der Waals surface area contributed by atoms with Crippen LogP contribution in [0.4, 0.5) is 13.2 Å². The van der Waals surface area contributed by atoms with E-state index in [1.807, 2.05) is 4.57 Å². The second-order valence-corrected chi connectivity index (χ2v) is 4.77. The molecule has 0 aliphatic carbocycles. The van der Waals surface area contributed by atoms with E-state index in [0.717, 1.165) is 11.8 Å². The molecule has 0 saturated heterocycles. The van der Waals surface area contributed by atoms with Gasteiger partial charge in [0.05, 0.1) is 0 Å². The molecule has 0 unspecified atom stereocenters. The van der Waals surface area contributed by atoms with E-state index in [2.05, 4.69) is 4.98 Å². The first-order valence-electron chi connectivity index (χ1n) is 5.48. The Morgan fingerprint density at radius 2 is 2.06 bits per heavy atom. The number of aromatic nitrogens is 2. The Bertz CT molecular complexity index is 674. The lowest BCUT2D eigenvalue weighted by Crippen LogP contribution is -2.06. The molecule has 1 aliphatic heterocycles. The molecule has 6 heteroatoms. The Morgan fingerprint density at radius 3 is 2.78 bits per heavy atom. The summed E-state index contributed by atoms with van der Waals surface area (Å²) in [4.78, 5) is 2.88. The van der Waals surface area contributed by atoms with Gasteiger partial charge in [0.15, 0.2) is 16.4 Å². The summed E-state index contributed by atoms with van der Waals surface area (Å²) in [6.45, 7) is 0.442. The largest absolute Gasteiger partial charge is 0.337 e. The quantitative estimate of drug-likeness (QED) is 0.623. The Balaban J connectivity index is 2.02. The van der Waals surface area contributed by atoms with Gasteiger partial charge in [0.25, 0.3) is 0 Å². The molecule has 1 atom stereocenters. The molecule has 2 heterocycles. The highest BCUT2D eigenvalue weighted by Crippen LogP contribution is 2.32. The van der Waals surface area contributed by atoms with Crippen LogP contribution in [0, 0.1) is 22.2 Å². The van der Waals surface area contributed by atoms with Crippen LogP contribution in [-0.2, 0) is 13.0 Å². The summed E-state index contributed by atoms with van der Waals surface area (Å²) in [6.07, 6.45) is 2.27. The second kappa shape index (κ2) is 3.98. The monoisotopic (exact) mass is 270 g/mol. The lowest BCUT2D eigenvalue weighted by Gasteiger charge is -2.11. The van der Waals surface area contributed by atoms with E-state index < -0.39 is 17.5 Å². The first-order valence-corrected chi connectivity index (χ1v) is 5.88. The Kier molecular flexibility index (Phi) is 2.55. The van der Waals surface area contributed by atoms with Crippen LogP contribution in [0.25, 0.3) is 0 Å². The molecule has 2 nitrogen and oxygen atoms in total. The molecule has 0 amide bonds. The summed E-state index contributed by atoms with van der Waals surface area (Å²) >= 11 is 5.06. The van der Waals surface area contributed by atoms with Gasteiger partial charge in [-0.2, -0.15) is 0 Å². The van der Waals surface area contributed by atoms with Gasteiger partial charge in [-0.25, -0.2) is 13.2 Å². The number of aromatic amines is 1. The van der Waals surface area contributed by atoms with E-state index in [1.165, 1.54) is 0 Å². The predicted molar refractivity (Wildman–Crippen MR) is 62.4 cm³/mol. The lowest BCUT2D eigenvalue weighted by molar-refractivity contribution is 0.470. The third kappa shape index (κ3) is 1.68. The first-order chi connectivity index (χ1) is 8.56. The molecule has 0 fully saturated rings. The number of hydrogen-bond acceptors (Lipinski definition) is 1. The van der Waals surface area contributed by atoms with E-state index in [-0.39, 0.29) is 11.5 Å². The zero-order valence-electron chi connectivity index (χ0n) is 9.21. The minimum absolute atomic E-state index is 0.0746. The van der Waals surface area contributed by atoms with Crippen LogP contribution in [0.3, 0.4) is 0 Å². The van der Waals surface area contributed by atoms with Gasteiger partial charge in [-0.1, -0.05) is 0 Å². The molecule has 1 aliphatic rings. The summed E-state index contributed by atoms with van der Waals surface area (Å²) in [6, 6.07) is 1.61. The van der Waals surface area contributed by atoms with Crippen LogP contribution in [0.15, 0.2) is 18.3 Å². The van der Waals surface area contributed by atoms with Gasteiger partial charge in [-0.3, -0.25) is 0 Å². The summed E-state index contributed by atoms with van der Waals surface area (Å²) in [5.74, 6) is -3.15. The molecule has 1 aromatic carbocycles. The van der Waals surface area contributed by atoms with E-state index in [4.69, 9.17) is 12.2 Å². The zero-order chi connectivity index (χ0) is 12.9. The average molecular weight is 270 g/mol. The van der Waals surface area contributed by atoms with Crippen molar-refractivity contribution in [2.45, 2.75) is 18.9 Å². The maximum absolute atomic E-state index is 13.7. The number of imidazole rings is 1. The summed E-state index contributed by atoms with van der Waals surface area (Å²) in [5.41, 5.74) is 1.000. The van der Waals surface area contributed by atoms with Gasteiger partial charge >= 0.3 is 0 Å². The van der Waals surface area contributed by atoms with Crippen molar-refractivity contribution >= 4 is 12.2 Å². The first kappa shape index (κ1) is 11.5. The zero-order valence-corrected chi connectivity index (χ0v) is 10.0. The fraction of sp³-hybridized carbons (Fsp3) is 0.250. The average Bonchev–Trinajstić information content (AvgIpc) is 2.86. The van der Waals surface area contributed by atoms with Gasteiger partial charge in [0.1, 0.15) is 5.82 Å². The summed E-state index contributed by atoms with van der Waals surface area (Å²) in [5, 5.41) is 0. The highest BCUT2D eigenvalue weighted by atomic mass is 32.1. The number of halogens is 3. The highest BCUT2D eigenvalue weighted by Gasteiger charge is 2.27. The van der Waals surface area contributed by atoms with E-state index in [1.54, 1.807) is 6.20 Å². The number of nitrogens with zero attached hydrogens (tertiary/aromatic N) is 1. The fourth-order valence-corrected chi connectivity index (χ4v) is 2.67. The Labute approximate surface area is 106 Å². The molecule has 2 aromatic rings. The minimum atomic E-state index is -1.15. The molecule has 0 bridgehead atoms. The van der Waals surface area contributed by atoms with Gasteiger partial charge in [-0.15, -0.1) is 0 Å². The molecule has 1 N–H and O–H groups in total. The SMILES string of the molecule is Fc1cc(F)c(F)c([C@H]2Cc3c[nH]c(=S)n3C2)c1. The van der Waals surface area contributed by atoms with Gasteiger partial charge in [0, 0.05) is 30.4 Å². The van der Waals surface area contributed by atoms with Crippen molar-refractivity contribution in [1.82, 2.24) is 9.55 Å². The molecule has 1 aromatic heterocycles. The van der Waals surface area contributed by atoms with Crippen molar-refractivity contribution in [3.8, 4) is 0 Å². The Hall–Kier alpha value is -1.56. The number of rotatable bonds is 1. The lowest BCUT2D eigenvalue weighted by atomic mass is 9.96. The molecule has 94 valence electrons. The maximum Gasteiger partial charge on any atom is 0.177 e. The Morgan fingerprint density at radius 1 is 1.28 bits per heavy atom.